The number of anilines is 1. The van der Waals surface area contributed by atoms with E-state index in [2.05, 4.69) is 25.4 Å². The van der Waals surface area contributed by atoms with Gasteiger partial charge in [-0.3, -0.25) is 9.48 Å². The zero-order valence-electron chi connectivity index (χ0n) is 13.0. The molecule has 0 spiro atoms. The fraction of sp³-hybridized carbons (Fsp3) is 0.538. The molecule has 2 rings (SSSR count). The molecule has 0 aliphatic heterocycles. The highest BCUT2D eigenvalue weighted by molar-refractivity contribution is 5.95. The van der Waals surface area contributed by atoms with Gasteiger partial charge in [0.25, 0.3) is 0 Å². The summed E-state index contributed by atoms with van der Waals surface area (Å²) >= 11 is 0. The third-order valence-electron chi connectivity index (χ3n) is 3.49. The summed E-state index contributed by atoms with van der Waals surface area (Å²) in [6.45, 7) is 5.08. The van der Waals surface area contributed by atoms with Crippen LogP contribution >= 0.6 is 0 Å². The molecule has 0 bridgehead atoms. The molecule has 0 unspecified atom stereocenters. The molecule has 1 amide bonds. The smallest absolute Gasteiger partial charge is 0.306 e. The third-order valence-corrected chi connectivity index (χ3v) is 3.49. The van der Waals surface area contributed by atoms with Crippen LogP contribution in [0.15, 0.2) is 4.63 Å². The molecule has 0 aliphatic rings. The first-order valence-electron chi connectivity index (χ1n) is 6.81. The van der Waals surface area contributed by atoms with Crippen LogP contribution in [-0.2, 0) is 11.3 Å². The lowest BCUT2D eigenvalue weighted by molar-refractivity contribution is -0.142. The first-order valence-corrected chi connectivity index (χ1v) is 6.81. The average molecular weight is 331 g/mol. The summed E-state index contributed by atoms with van der Waals surface area (Å²) in [5.41, 5.74) is 1.55. The number of nitrogens with zero attached hydrogens (tertiary/aromatic N) is 4. The van der Waals surface area contributed by atoms with Crippen LogP contribution in [0.4, 0.5) is 19.0 Å². The quantitative estimate of drug-likeness (QED) is 0.930. The number of aryl methyl sites for hydroxylation is 2. The van der Waals surface area contributed by atoms with Crippen molar-refractivity contribution in [3.63, 3.8) is 0 Å². The molecule has 10 heteroatoms. The second kappa shape index (κ2) is 6.01. The third kappa shape index (κ3) is 3.69. The number of alkyl halides is 3. The predicted molar refractivity (Wildman–Crippen MR) is 73.8 cm³/mol. The number of aromatic nitrogens is 4. The van der Waals surface area contributed by atoms with Gasteiger partial charge in [0.05, 0.1) is 11.6 Å². The predicted octanol–water partition coefficient (Wildman–Crippen LogP) is 2.50. The van der Waals surface area contributed by atoms with Gasteiger partial charge >= 0.3 is 6.18 Å². The first kappa shape index (κ1) is 17.0. The van der Waals surface area contributed by atoms with Crippen LogP contribution < -0.4 is 5.32 Å². The molecule has 0 radical (unpaired) electrons. The van der Waals surface area contributed by atoms with Gasteiger partial charge in [-0.2, -0.15) is 18.3 Å². The van der Waals surface area contributed by atoms with Crippen molar-refractivity contribution < 1.29 is 22.6 Å². The zero-order valence-corrected chi connectivity index (χ0v) is 13.0. The minimum atomic E-state index is -4.38. The highest BCUT2D eigenvalue weighted by Crippen LogP contribution is 2.27. The van der Waals surface area contributed by atoms with Gasteiger partial charge in [0.15, 0.2) is 5.82 Å². The Balaban J connectivity index is 2.23. The molecule has 0 saturated carbocycles. The van der Waals surface area contributed by atoms with Crippen molar-refractivity contribution in [3.05, 3.63) is 22.6 Å². The summed E-state index contributed by atoms with van der Waals surface area (Å²) in [7, 11) is 0. The Bertz CT molecular complexity index is 720. The summed E-state index contributed by atoms with van der Waals surface area (Å²) in [4.78, 5) is 12.3. The molecule has 0 aliphatic carbocycles. The lowest BCUT2D eigenvalue weighted by Gasteiger charge is -2.13. The number of carbonyl (C=O) groups is 1. The fourth-order valence-electron chi connectivity index (χ4n) is 2.36. The minimum absolute atomic E-state index is 0.180. The van der Waals surface area contributed by atoms with Crippen LogP contribution in [0.1, 0.15) is 35.5 Å². The van der Waals surface area contributed by atoms with Gasteiger partial charge in [-0.1, -0.05) is 5.16 Å². The van der Waals surface area contributed by atoms with Crippen LogP contribution in [-0.4, -0.2) is 32.2 Å². The molecule has 7 nitrogen and oxygen atoms in total. The van der Waals surface area contributed by atoms with E-state index in [1.807, 2.05) is 0 Å². The van der Waals surface area contributed by atoms with Gasteiger partial charge in [-0.25, -0.2) is 4.63 Å². The van der Waals surface area contributed by atoms with Gasteiger partial charge in [0, 0.05) is 11.3 Å². The Morgan fingerprint density at radius 1 is 1.26 bits per heavy atom. The highest BCUT2D eigenvalue weighted by atomic mass is 19.4. The maximum Gasteiger partial charge on any atom is 0.408 e. The Hall–Kier alpha value is -2.39. The summed E-state index contributed by atoms with van der Waals surface area (Å²) in [5, 5.41) is 13.5. The molecule has 2 aromatic rings. The normalized spacial score (nSPS) is 13.2. The maximum absolute atomic E-state index is 12.6. The van der Waals surface area contributed by atoms with Crippen LogP contribution in [0.3, 0.4) is 0 Å². The number of halogens is 3. The van der Waals surface area contributed by atoms with E-state index in [9.17, 15) is 18.0 Å². The Morgan fingerprint density at radius 2 is 1.91 bits per heavy atom. The largest absolute Gasteiger partial charge is 0.408 e. The SMILES string of the molecule is Cc1nonc1NC(=O)[C@@H](C)c1c(C)nn(CC(F)(F)F)c1C. The van der Waals surface area contributed by atoms with Crippen LogP contribution in [0.25, 0.3) is 0 Å². The molecule has 2 heterocycles. The monoisotopic (exact) mass is 331 g/mol. The van der Waals surface area contributed by atoms with E-state index in [0.717, 1.165) is 4.68 Å². The topological polar surface area (TPSA) is 85.8 Å². The Kier molecular flexibility index (Phi) is 4.44. The van der Waals surface area contributed by atoms with Crippen molar-refractivity contribution in [1.82, 2.24) is 20.1 Å². The van der Waals surface area contributed by atoms with E-state index in [1.54, 1.807) is 20.8 Å². The fourth-order valence-corrected chi connectivity index (χ4v) is 2.36. The van der Waals surface area contributed by atoms with Crippen molar-refractivity contribution in [2.24, 2.45) is 0 Å². The zero-order chi connectivity index (χ0) is 17.4. The van der Waals surface area contributed by atoms with Gasteiger partial charge in [0.2, 0.25) is 5.91 Å². The van der Waals surface area contributed by atoms with Crippen molar-refractivity contribution in [2.75, 3.05) is 5.32 Å². The van der Waals surface area contributed by atoms with E-state index in [1.165, 1.54) is 6.92 Å². The van der Waals surface area contributed by atoms with E-state index in [0.29, 0.717) is 22.6 Å². The summed E-state index contributed by atoms with van der Waals surface area (Å²) in [6.07, 6.45) is -4.38. The molecular weight excluding hydrogens is 315 g/mol. The van der Waals surface area contributed by atoms with E-state index in [4.69, 9.17) is 0 Å². The van der Waals surface area contributed by atoms with Gasteiger partial charge < -0.3 is 5.32 Å². The minimum Gasteiger partial charge on any atom is -0.306 e. The van der Waals surface area contributed by atoms with Crippen LogP contribution in [0.5, 0.6) is 0 Å². The Labute approximate surface area is 129 Å². The number of nitrogens with one attached hydrogen (secondary N) is 1. The van der Waals surface area contributed by atoms with Crippen LogP contribution in [0.2, 0.25) is 0 Å². The highest BCUT2D eigenvalue weighted by Gasteiger charge is 2.31. The number of rotatable bonds is 4. The second-order valence-electron chi connectivity index (χ2n) is 5.27. The van der Waals surface area contributed by atoms with Crippen molar-refractivity contribution in [3.8, 4) is 0 Å². The first-order chi connectivity index (χ1) is 10.6. The number of hydrogen-bond acceptors (Lipinski definition) is 5. The van der Waals surface area contributed by atoms with E-state index < -0.39 is 24.5 Å². The lowest BCUT2D eigenvalue weighted by Crippen LogP contribution is -2.22. The van der Waals surface area contributed by atoms with Crippen molar-refractivity contribution in [1.29, 1.82) is 0 Å². The molecular formula is C13H16F3N5O2. The number of hydrogen-bond donors (Lipinski definition) is 1. The summed E-state index contributed by atoms with van der Waals surface area (Å²) in [6, 6.07) is 0. The molecule has 2 aromatic heterocycles. The van der Waals surface area contributed by atoms with Crippen molar-refractivity contribution >= 4 is 11.7 Å². The maximum atomic E-state index is 12.6. The van der Waals surface area contributed by atoms with Crippen molar-refractivity contribution in [2.45, 2.75) is 46.3 Å². The summed E-state index contributed by atoms with van der Waals surface area (Å²) < 4.78 is 43.0. The Morgan fingerprint density at radius 3 is 2.43 bits per heavy atom. The van der Waals surface area contributed by atoms with E-state index >= 15 is 0 Å². The number of carbonyl (C=O) groups excluding carboxylic acids is 1. The lowest BCUT2D eigenvalue weighted by atomic mass is 9.98. The van der Waals surface area contributed by atoms with E-state index in [-0.39, 0.29) is 5.82 Å². The molecule has 1 atom stereocenters. The molecule has 126 valence electrons. The molecule has 23 heavy (non-hydrogen) atoms. The van der Waals surface area contributed by atoms with Gasteiger partial charge in [-0.15, -0.1) is 0 Å². The second-order valence-corrected chi connectivity index (χ2v) is 5.27. The molecule has 0 aromatic carbocycles. The average Bonchev–Trinajstić information content (AvgIpc) is 2.92. The molecule has 1 N–H and O–H groups in total. The van der Waals surface area contributed by atoms with Gasteiger partial charge in [-0.05, 0) is 32.9 Å². The van der Waals surface area contributed by atoms with Gasteiger partial charge in [0.1, 0.15) is 12.2 Å². The summed E-state index contributed by atoms with van der Waals surface area (Å²) in [5.74, 6) is -0.950. The molecule has 0 fully saturated rings. The van der Waals surface area contributed by atoms with Crippen LogP contribution in [0, 0.1) is 20.8 Å². The standard InChI is InChI=1S/C13H16F3N5O2/c1-6(12(22)17-11-8(3)19-23-20-11)10-7(2)18-21(9(10)4)5-13(14,15)16/h6H,5H2,1-4H3,(H,17,20,22)/t6-/m0/s1. The molecule has 0 saturated heterocycles. The number of amides is 1.